The van der Waals surface area contributed by atoms with Crippen molar-refractivity contribution >= 4 is 5.97 Å². The Morgan fingerprint density at radius 2 is 1.59 bits per heavy atom. The number of hydrogen-bond acceptors (Lipinski definition) is 2. The molecule has 128 valence electrons. The van der Waals surface area contributed by atoms with Crippen molar-refractivity contribution in [2.24, 2.45) is 5.41 Å². The predicted octanol–water partition coefficient (Wildman–Crippen LogP) is 4.77. The van der Waals surface area contributed by atoms with Gasteiger partial charge in [0.1, 0.15) is 6.10 Å². The van der Waals surface area contributed by atoms with E-state index < -0.39 is 17.5 Å². The lowest BCUT2D eigenvalue weighted by atomic mass is 9.87. The van der Waals surface area contributed by atoms with Crippen LogP contribution in [-0.4, -0.2) is 22.3 Å². The molecule has 0 amide bonds. The minimum absolute atomic E-state index is 0.454. The Labute approximate surface area is 136 Å². The van der Waals surface area contributed by atoms with Crippen LogP contribution in [-0.2, 0) is 4.79 Å². The number of hydrogen-bond donors (Lipinski definition) is 2. The van der Waals surface area contributed by atoms with Gasteiger partial charge in [0.2, 0.25) is 0 Å². The molecule has 22 heavy (non-hydrogen) atoms. The predicted molar refractivity (Wildman–Crippen MR) is 91.7 cm³/mol. The summed E-state index contributed by atoms with van der Waals surface area (Å²) in [6, 6.07) is 0. The van der Waals surface area contributed by atoms with Crippen molar-refractivity contribution in [2.45, 2.75) is 97.5 Å². The fourth-order valence-electron chi connectivity index (χ4n) is 2.28. The van der Waals surface area contributed by atoms with Crippen LogP contribution < -0.4 is 0 Å². The summed E-state index contributed by atoms with van der Waals surface area (Å²) < 4.78 is 0. The second-order valence-corrected chi connectivity index (χ2v) is 6.79. The van der Waals surface area contributed by atoms with Gasteiger partial charge in [0, 0.05) is 6.42 Å². The first-order valence-electron chi connectivity index (χ1n) is 8.80. The lowest BCUT2D eigenvalue weighted by molar-refractivity contribution is -0.147. The van der Waals surface area contributed by atoms with Crippen molar-refractivity contribution in [2.75, 3.05) is 0 Å². The zero-order valence-corrected chi connectivity index (χ0v) is 14.7. The summed E-state index contributed by atoms with van der Waals surface area (Å²) in [4.78, 5) is 11.0. The average molecular weight is 310 g/mol. The van der Waals surface area contributed by atoms with Crippen molar-refractivity contribution in [3.8, 4) is 11.8 Å². The lowest BCUT2D eigenvalue weighted by Crippen LogP contribution is -2.23. The topological polar surface area (TPSA) is 57.5 Å². The van der Waals surface area contributed by atoms with Crippen LogP contribution in [0.2, 0.25) is 0 Å². The fourth-order valence-corrected chi connectivity index (χ4v) is 2.28. The highest BCUT2D eigenvalue weighted by molar-refractivity contribution is 5.73. The van der Waals surface area contributed by atoms with E-state index >= 15 is 0 Å². The summed E-state index contributed by atoms with van der Waals surface area (Å²) in [6.07, 6.45) is 10.9. The van der Waals surface area contributed by atoms with E-state index in [0.29, 0.717) is 0 Å². The Morgan fingerprint density at radius 3 is 2.14 bits per heavy atom. The number of aliphatic hydroxyl groups is 1. The number of carboxylic acid groups (broad SMARTS) is 1. The zero-order chi connectivity index (χ0) is 16.8. The van der Waals surface area contributed by atoms with Crippen LogP contribution >= 0.6 is 0 Å². The highest BCUT2D eigenvalue weighted by Gasteiger charge is 2.25. The van der Waals surface area contributed by atoms with Crippen LogP contribution in [0.15, 0.2) is 0 Å². The summed E-state index contributed by atoms with van der Waals surface area (Å²) in [6.45, 7) is 5.68. The van der Waals surface area contributed by atoms with Gasteiger partial charge in [-0.05, 0) is 39.5 Å². The molecule has 0 aromatic heterocycles. The summed E-state index contributed by atoms with van der Waals surface area (Å²) in [5, 5.41) is 18.7. The molecule has 3 nitrogen and oxygen atoms in total. The molecular formula is C19H34O3. The highest BCUT2D eigenvalue weighted by atomic mass is 16.4. The first-order valence-corrected chi connectivity index (χ1v) is 8.80. The third-order valence-corrected chi connectivity index (χ3v) is 4.00. The summed E-state index contributed by atoms with van der Waals surface area (Å²) in [5.41, 5.74) is -0.588. The van der Waals surface area contributed by atoms with Crippen LogP contribution in [0.3, 0.4) is 0 Å². The second-order valence-electron chi connectivity index (χ2n) is 6.79. The lowest BCUT2D eigenvalue weighted by Gasteiger charge is -2.18. The van der Waals surface area contributed by atoms with Crippen molar-refractivity contribution in [3.63, 3.8) is 0 Å². The Morgan fingerprint density at radius 1 is 1.05 bits per heavy atom. The molecule has 1 unspecified atom stereocenters. The normalized spacial score (nSPS) is 12.5. The number of carbonyl (C=O) groups is 1. The van der Waals surface area contributed by atoms with Crippen LogP contribution in [0.4, 0.5) is 0 Å². The molecule has 0 bridgehead atoms. The van der Waals surface area contributed by atoms with Gasteiger partial charge in [-0.3, -0.25) is 4.79 Å². The second kappa shape index (κ2) is 12.5. The first kappa shape index (κ1) is 21.0. The van der Waals surface area contributed by atoms with Crippen LogP contribution in [0, 0.1) is 17.3 Å². The molecule has 0 fully saturated rings. The van der Waals surface area contributed by atoms with E-state index in [1.54, 1.807) is 13.8 Å². The monoisotopic (exact) mass is 310 g/mol. The van der Waals surface area contributed by atoms with Gasteiger partial charge >= 0.3 is 5.97 Å². The first-order chi connectivity index (χ1) is 10.4. The van der Waals surface area contributed by atoms with Crippen molar-refractivity contribution in [1.82, 2.24) is 0 Å². The summed E-state index contributed by atoms with van der Waals surface area (Å²) >= 11 is 0. The minimum Gasteiger partial charge on any atom is -0.481 e. The third kappa shape index (κ3) is 11.6. The molecule has 0 saturated carbocycles. The average Bonchev–Trinajstić information content (AvgIpc) is 2.45. The van der Waals surface area contributed by atoms with Gasteiger partial charge in [0.05, 0.1) is 5.41 Å². The molecule has 0 rings (SSSR count). The maximum atomic E-state index is 11.0. The molecule has 3 heteroatoms. The molecule has 0 aromatic rings. The number of aliphatic hydroxyl groups excluding tert-OH is 1. The van der Waals surface area contributed by atoms with E-state index in [1.165, 1.54) is 19.3 Å². The van der Waals surface area contributed by atoms with Crippen molar-refractivity contribution in [1.29, 1.82) is 0 Å². The van der Waals surface area contributed by atoms with Gasteiger partial charge in [-0.2, -0.15) is 0 Å². The molecule has 0 aromatic carbocycles. The van der Waals surface area contributed by atoms with Crippen LogP contribution in [0.1, 0.15) is 91.4 Å². The highest BCUT2D eigenvalue weighted by Crippen LogP contribution is 2.24. The van der Waals surface area contributed by atoms with Gasteiger partial charge in [-0.15, -0.1) is 5.92 Å². The quantitative estimate of drug-likeness (QED) is 0.403. The van der Waals surface area contributed by atoms with E-state index in [-0.39, 0.29) is 0 Å². The maximum absolute atomic E-state index is 11.0. The largest absolute Gasteiger partial charge is 0.481 e. The number of aliphatic carboxylic acids is 1. The molecule has 0 heterocycles. The zero-order valence-electron chi connectivity index (χ0n) is 14.7. The van der Waals surface area contributed by atoms with Gasteiger partial charge in [-0.1, -0.05) is 51.4 Å². The SMILES string of the molecule is CCCC#CC(O)CCCCCCCCCC(C)(C)C(=O)O. The smallest absolute Gasteiger partial charge is 0.309 e. The maximum Gasteiger partial charge on any atom is 0.309 e. The molecule has 1 atom stereocenters. The van der Waals surface area contributed by atoms with Crippen LogP contribution in [0.5, 0.6) is 0 Å². The van der Waals surface area contributed by atoms with Gasteiger partial charge in [0.15, 0.2) is 0 Å². The van der Waals surface area contributed by atoms with E-state index in [9.17, 15) is 9.90 Å². The molecule has 0 radical (unpaired) electrons. The molecule has 0 aliphatic heterocycles. The van der Waals surface area contributed by atoms with E-state index in [0.717, 1.165) is 51.4 Å². The van der Waals surface area contributed by atoms with Gasteiger partial charge in [-0.25, -0.2) is 0 Å². The summed E-state index contributed by atoms with van der Waals surface area (Å²) in [5.74, 6) is 5.17. The molecule has 0 saturated heterocycles. The van der Waals surface area contributed by atoms with E-state index in [1.807, 2.05) is 0 Å². The summed E-state index contributed by atoms with van der Waals surface area (Å²) in [7, 11) is 0. The Hall–Kier alpha value is -1.01. The van der Waals surface area contributed by atoms with Crippen molar-refractivity contribution < 1.29 is 15.0 Å². The number of carboxylic acids is 1. The minimum atomic E-state index is -0.701. The number of rotatable bonds is 12. The number of unbranched alkanes of at least 4 members (excludes halogenated alkanes) is 7. The van der Waals surface area contributed by atoms with Gasteiger partial charge < -0.3 is 10.2 Å². The standard InChI is InChI=1S/C19H34O3/c1-4-5-11-14-17(20)15-12-9-7-6-8-10-13-16-19(2,3)18(21)22/h17,20H,4-10,12-13,15-16H2,1-3H3,(H,21,22). The molecule has 0 aliphatic rings. The molecule has 0 aliphatic carbocycles. The van der Waals surface area contributed by atoms with Crippen LogP contribution in [0.25, 0.3) is 0 Å². The van der Waals surface area contributed by atoms with Gasteiger partial charge in [0.25, 0.3) is 0 Å². The van der Waals surface area contributed by atoms with E-state index in [2.05, 4.69) is 18.8 Å². The molecule has 0 spiro atoms. The third-order valence-electron chi connectivity index (χ3n) is 4.00. The molecule has 2 N–H and O–H groups in total. The van der Waals surface area contributed by atoms with Crippen molar-refractivity contribution in [3.05, 3.63) is 0 Å². The molecular weight excluding hydrogens is 276 g/mol. The van der Waals surface area contributed by atoms with E-state index in [4.69, 9.17) is 5.11 Å². The fraction of sp³-hybridized carbons (Fsp3) is 0.842. The Kier molecular flexibility index (Phi) is 12.0. The Balaban J connectivity index is 3.41. The Bertz CT molecular complexity index is 349.